The minimum Gasteiger partial charge on any atom is -0.453 e. The van der Waals surface area contributed by atoms with Crippen molar-refractivity contribution in [3.05, 3.63) is 29.6 Å². The van der Waals surface area contributed by atoms with Crippen LogP contribution in [0.1, 0.15) is 12.0 Å². The minimum absolute atomic E-state index is 0.0353. The number of amides is 1. The Balaban J connectivity index is 2.10. The summed E-state index contributed by atoms with van der Waals surface area (Å²) < 4.78 is 18.5. The molecule has 110 valence electrons. The molecule has 6 heteroatoms. The second kappa shape index (κ2) is 6.56. The van der Waals surface area contributed by atoms with E-state index in [9.17, 15) is 9.18 Å². The summed E-state index contributed by atoms with van der Waals surface area (Å²) in [5.74, 6) is -0.207. The van der Waals surface area contributed by atoms with Gasteiger partial charge in [-0.15, -0.1) is 0 Å². The lowest BCUT2D eigenvalue weighted by Crippen LogP contribution is -2.37. The number of ether oxygens (including phenoxy) is 1. The Morgan fingerprint density at radius 3 is 3.05 bits per heavy atom. The zero-order valence-corrected chi connectivity index (χ0v) is 11.8. The number of nitrogens with zero attached hydrogens (tertiary/aromatic N) is 1. The van der Waals surface area contributed by atoms with Crippen LogP contribution in [-0.2, 0) is 11.3 Å². The van der Waals surface area contributed by atoms with Crippen LogP contribution >= 0.6 is 0 Å². The van der Waals surface area contributed by atoms with Crippen molar-refractivity contribution in [2.45, 2.75) is 19.0 Å². The Labute approximate surface area is 118 Å². The summed E-state index contributed by atoms with van der Waals surface area (Å²) in [7, 11) is 3.14. The fraction of sp³-hybridized carbons (Fsp3) is 0.500. The smallest absolute Gasteiger partial charge is 0.407 e. The van der Waals surface area contributed by atoms with Gasteiger partial charge in [-0.2, -0.15) is 0 Å². The normalized spacial score (nSPS) is 18.1. The number of carbonyl (C=O) groups is 1. The van der Waals surface area contributed by atoms with Crippen LogP contribution in [0, 0.1) is 5.82 Å². The van der Waals surface area contributed by atoms with Gasteiger partial charge in [0.1, 0.15) is 5.82 Å². The maximum absolute atomic E-state index is 13.9. The van der Waals surface area contributed by atoms with Gasteiger partial charge in [-0.25, -0.2) is 9.18 Å². The van der Waals surface area contributed by atoms with Gasteiger partial charge in [-0.3, -0.25) is 0 Å². The molecule has 0 bridgehead atoms. The molecule has 0 spiro atoms. The molecule has 1 saturated heterocycles. The van der Waals surface area contributed by atoms with Gasteiger partial charge in [0.2, 0.25) is 0 Å². The first-order chi connectivity index (χ1) is 9.65. The lowest BCUT2D eigenvalue weighted by molar-refractivity contribution is 0.167. The van der Waals surface area contributed by atoms with Gasteiger partial charge < -0.3 is 20.3 Å². The average molecular weight is 281 g/mol. The third kappa shape index (κ3) is 3.19. The molecule has 1 heterocycles. The van der Waals surface area contributed by atoms with Crippen LogP contribution in [0.3, 0.4) is 0 Å². The van der Waals surface area contributed by atoms with E-state index in [0.29, 0.717) is 18.7 Å². The van der Waals surface area contributed by atoms with Crippen molar-refractivity contribution < 1.29 is 13.9 Å². The number of nitrogens with one attached hydrogen (secondary N) is 2. The number of anilines is 1. The molecule has 1 aromatic rings. The standard InChI is InChI=1S/C14H20FN3O2/c1-16-8-11-12(15)4-3-5-13(11)18-7-6-10(9-18)17-14(19)20-2/h3-5,10,16H,6-9H2,1-2H3,(H,17,19). The highest BCUT2D eigenvalue weighted by Gasteiger charge is 2.26. The Hall–Kier alpha value is -1.82. The third-order valence-electron chi connectivity index (χ3n) is 3.48. The van der Waals surface area contributed by atoms with E-state index in [1.54, 1.807) is 13.1 Å². The minimum atomic E-state index is -0.424. The van der Waals surface area contributed by atoms with Crippen molar-refractivity contribution in [1.29, 1.82) is 0 Å². The van der Waals surface area contributed by atoms with E-state index in [0.717, 1.165) is 18.7 Å². The van der Waals surface area contributed by atoms with E-state index >= 15 is 0 Å². The Morgan fingerprint density at radius 2 is 2.35 bits per heavy atom. The molecule has 1 unspecified atom stereocenters. The molecule has 0 radical (unpaired) electrons. The molecule has 1 aliphatic heterocycles. The molecular formula is C14H20FN3O2. The van der Waals surface area contributed by atoms with Crippen LogP contribution < -0.4 is 15.5 Å². The molecule has 0 aromatic heterocycles. The Bertz CT molecular complexity index is 481. The lowest BCUT2D eigenvalue weighted by atomic mass is 10.1. The van der Waals surface area contributed by atoms with Gasteiger partial charge in [-0.05, 0) is 25.6 Å². The van der Waals surface area contributed by atoms with E-state index in [2.05, 4.69) is 20.3 Å². The second-order valence-electron chi connectivity index (χ2n) is 4.84. The zero-order chi connectivity index (χ0) is 14.5. The summed E-state index contributed by atoms with van der Waals surface area (Å²) >= 11 is 0. The molecule has 1 amide bonds. The number of alkyl carbamates (subject to hydrolysis) is 1. The first-order valence-corrected chi connectivity index (χ1v) is 6.67. The van der Waals surface area contributed by atoms with Crippen LogP contribution in [0.2, 0.25) is 0 Å². The van der Waals surface area contributed by atoms with E-state index in [1.807, 2.05) is 6.07 Å². The van der Waals surface area contributed by atoms with Crippen molar-refractivity contribution in [3.63, 3.8) is 0 Å². The fourth-order valence-corrected chi connectivity index (χ4v) is 2.52. The molecule has 20 heavy (non-hydrogen) atoms. The zero-order valence-electron chi connectivity index (χ0n) is 11.8. The predicted molar refractivity (Wildman–Crippen MR) is 75.3 cm³/mol. The SMILES string of the molecule is CNCc1c(F)cccc1N1CCC(NC(=O)OC)C1. The van der Waals surface area contributed by atoms with Crippen molar-refractivity contribution >= 4 is 11.8 Å². The summed E-state index contributed by atoms with van der Waals surface area (Å²) in [5.41, 5.74) is 1.54. The van der Waals surface area contributed by atoms with Gasteiger partial charge in [0.05, 0.1) is 13.2 Å². The number of methoxy groups -OCH3 is 1. The first-order valence-electron chi connectivity index (χ1n) is 6.67. The highest BCUT2D eigenvalue weighted by atomic mass is 19.1. The molecule has 5 nitrogen and oxygen atoms in total. The summed E-state index contributed by atoms with van der Waals surface area (Å²) in [6.07, 6.45) is 0.400. The lowest BCUT2D eigenvalue weighted by Gasteiger charge is -2.22. The van der Waals surface area contributed by atoms with E-state index in [1.165, 1.54) is 13.2 Å². The highest BCUT2D eigenvalue weighted by Crippen LogP contribution is 2.26. The number of rotatable bonds is 4. The molecule has 0 saturated carbocycles. The molecule has 1 aliphatic rings. The van der Waals surface area contributed by atoms with Crippen molar-refractivity contribution in [3.8, 4) is 0 Å². The predicted octanol–water partition coefficient (Wildman–Crippen LogP) is 1.48. The monoisotopic (exact) mass is 281 g/mol. The second-order valence-corrected chi connectivity index (χ2v) is 4.84. The van der Waals surface area contributed by atoms with Crippen LogP contribution in [0.4, 0.5) is 14.9 Å². The van der Waals surface area contributed by atoms with Crippen LogP contribution in [0.15, 0.2) is 18.2 Å². The van der Waals surface area contributed by atoms with Crippen LogP contribution in [0.5, 0.6) is 0 Å². The number of benzene rings is 1. The summed E-state index contributed by atoms with van der Waals surface area (Å²) in [4.78, 5) is 13.3. The molecule has 0 aliphatic carbocycles. The number of hydrogen-bond acceptors (Lipinski definition) is 4. The summed E-state index contributed by atoms with van der Waals surface area (Å²) in [6, 6.07) is 5.13. The molecule has 2 N–H and O–H groups in total. The maximum atomic E-state index is 13.9. The van der Waals surface area contributed by atoms with Crippen LogP contribution in [0.25, 0.3) is 0 Å². The van der Waals surface area contributed by atoms with Gasteiger partial charge in [0.15, 0.2) is 0 Å². The van der Waals surface area contributed by atoms with Gasteiger partial charge >= 0.3 is 6.09 Å². The third-order valence-corrected chi connectivity index (χ3v) is 3.48. The summed E-state index contributed by atoms with van der Waals surface area (Å²) in [5, 5.41) is 5.77. The molecular weight excluding hydrogens is 261 g/mol. The quantitative estimate of drug-likeness (QED) is 0.878. The van der Waals surface area contributed by atoms with Crippen molar-refractivity contribution in [1.82, 2.24) is 10.6 Å². The Kier molecular flexibility index (Phi) is 4.79. The molecule has 1 fully saturated rings. The summed E-state index contributed by atoms with van der Waals surface area (Å²) in [6.45, 7) is 1.93. The molecule has 1 atom stereocenters. The average Bonchev–Trinajstić information content (AvgIpc) is 2.89. The van der Waals surface area contributed by atoms with Crippen LogP contribution in [-0.4, -0.2) is 39.4 Å². The highest BCUT2D eigenvalue weighted by molar-refractivity contribution is 5.67. The van der Waals surface area contributed by atoms with Gasteiger partial charge in [0.25, 0.3) is 0 Å². The van der Waals surface area contributed by atoms with Gasteiger partial charge in [0, 0.05) is 30.9 Å². The number of carbonyl (C=O) groups excluding carboxylic acids is 1. The van der Waals surface area contributed by atoms with E-state index in [-0.39, 0.29) is 11.9 Å². The fourth-order valence-electron chi connectivity index (χ4n) is 2.52. The van der Waals surface area contributed by atoms with E-state index in [4.69, 9.17) is 0 Å². The van der Waals surface area contributed by atoms with Crippen molar-refractivity contribution in [2.75, 3.05) is 32.1 Å². The molecule has 2 rings (SSSR count). The Morgan fingerprint density at radius 1 is 1.55 bits per heavy atom. The van der Waals surface area contributed by atoms with E-state index < -0.39 is 6.09 Å². The topological polar surface area (TPSA) is 53.6 Å². The van der Waals surface area contributed by atoms with Crippen molar-refractivity contribution in [2.24, 2.45) is 0 Å². The maximum Gasteiger partial charge on any atom is 0.407 e. The molecule has 1 aromatic carbocycles. The largest absolute Gasteiger partial charge is 0.453 e. The number of hydrogen-bond donors (Lipinski definition) is 2. The number of halogens is 1. The first kappa shape index (κ1) is 14.6. The van der Waals surface area contributed by atoms with Gasteiger partial charge in [-0.1, -0.05) is 6.07 Å².